The molecule has 6 nitrogen and oxygen atoms in total. The number of nitrogens with two attached hydrogens (primary N) is 1. The molecule has 0 amide bonds. The smallest absolute Gasteiger partial charge is 0.224 e. The van der Waals surface area contributed by atoms with Gasteiger partial charge in [-0.05, 0) is 68.9 Å². The lowest BCUT2D eigenvalue weighted by Crippen LogP contribution is -2.29. The lowest BCUT2D eigenvalue weighted by atomic mass is 9.93. The molecule has 3 heterocycles. The van der Waals surface area contributed by atoms with Gasteiger partial charge in [0.05, 0.1) is 11.4 Å². The third-order valence-corrected chi connectivity index (χ3v) is 6.65. The van der Waals surface area contributed by atoms with E-state index in [2.05, 4.69) is 76.7 Å². The quantitative estimate of drug-likeness (QED) is 0.346. The number of pyridine rings is 1. The highest BCUT2D eigenvalue weighted by Gasteiger charge is 2.22. The van der Waals surface area contributed by atoms with Gasteiger partial charge in [-0.1, -0.05) is 54.6 Å². The Kier molecular flexibility index (Phi) is 6.70. The largest absolute Gasteiger partial charge is 0.351 e. The van der Waals surface area contributed by atoms with Gasteiger partial charge in [0.1, 0.15) is 5.82 Å². The maximum atomic E-state index is 6.30. The van der Waals surface area contributed by atoms with Crippen molar-refractivity contribution in [2.24, 2.45) is 5.73 Å². The molecule has 4 aromatic rings. The van der Waals surface area contributed by atoms with Crippen LogP contribution in [0.25, 0.3) is 11.1 Å². The van der Waals surface area contributed by atoms with Crippen molar-refractivity contribution in [3.05, 3.63) is 95.9 Å². The van der Waals surface area contributed by atoms with E-state index in [1.54, 1.807) is 0 Å². The van der Waals surface area contributed by atoms with Gasteiger partial charge in [-0.15, -0.1) is 0 Å². The predicted octanol–water partition coefficient (Wildman–Crippen LogP) is 5.86. The first-order valence-electron chi connectivity index (χ1n) is 12.7. The summed E-state index contributed by atoms with van der Waals surface area (Å²) in [5.41, 5.74) is 12.8. The van der Waals surface area contributed by atoms with Crippen LogP contribution < -0.4 is 16.0 Å². The molecule has 0 fully saturated rings. The van der Waals surface area contributed by atoms with Gasteiger partial charge in [0.15, 0.2) is 0 Å². The summed E-state index contributed by atoms with van der Waals surface area (Å²) in [6.07, 6.45) is 6.69. The summed E-state index contributed by atoms with van der Waals surface area (Å²) in [7, 11) is 0. The van der Waals surface area contributed by atoms with Crippen molar-refractivity contribution in [2.45, 2.75) is 51.6 Å². The molecule has 0 spiro atoms. The number of benzene rings is 2. The van der Waals surface area contributed by atoms with Crippen LogP contribution in [0.2, 0.25) is 0 Å². The average Bonchev–Trinajstić information content (AvgIpc) is 2.88. The molecule has 1 unspecified atom stereocenters. The maximum absolute atomic E-state index is 6.30. The van der Waals surface area contributed by atoms with Crippen molar-refractivity contribution in [3.8, 4) is 11.1 Å². The van der Waals surface area contributed by atoms with E-state index in [9.17, 15) is 0 Å². The van der Waals surface area contributed by atoms with E-state index < -0.39 is 0 Å². The normalized spacial score (nSPS) is 14.3. The number of aromatic nitrogens is 3. The molecule has 184 valence electrons. The zero-order valence-electron chi connectivity index (χ0n) is 21.3. The van der Waals surface area contributed by atoms with Gasteiger partial charge in [0, 0.05) is 36.1 Å². The fraction of sp³-hybridized carbons (Fsp3) is 0.300. The van der Waals surface area contributed by atoms with Crippen molar-refractivity contribution in [2.75, 3.05) is 16.8 Å². The summed E-state index contributed by atoms with van der Waals surface area (Å²) in [6.45, 7) is 7.12. The van der Waals surface area contributed by atoms with Crippen molar-refractivity contribution in [1.29, 1.82) is 0 Å². The molecule has 0 aliphatic carbocycles. The SMILES string of the molecule is CC(Cc1cccc(C(C)(C)N)c1)Nc1nccc(N2CCCc3ncc(-c4ccccc4)cc32)n1. The Morgan fingerprint density at radius 2 is 1.83 bits per heavy atom. The van der Waals surface area contributed by atoms with Crippen LogP contribution in [0.1, 0.15) is 44.0 Å². The third kappa shape index (κ3) is 5.39. The minimum absolute atomic E-state index is 0.163. The van der Waals surface area contributed by atoms with Gasteiger partial charge in [-0.2, -0.15) is 4.98 Å². The van der Waals surface area contributed by atoms with Gasteiger partial charge in [0.25, 0.3) is 0 Å². The topological polar surface area (TPSA) is 80.0 Å². The Labute approximate surface area is 213 Å². The molecule has 2 aromatic heterocycles. The summed E-state index contributed by atoms with van der Waals surface area (Å²) in [5.74, 6) is 1.52. The van der Waals surface area contributed by atoms with Crippen LogP contribution in [0.3, 0.4) is 0 Å². The number of rotatable bonds is 7. The zero-order chi connectivity index (χ0) is 25.1. The Morgan fingerprint density at radius 1 is 1.00 bits per heavy atom. The summed E-state index contributed by atoms with van der Waals surface area (Å²) in [6, 6.07) is 23.3. The zero-order valence-corrected chi connectivity index (χ0v) is 21.3. The first-order chi connectivity index (χ1) is 17.4. The number of hydrogen-bond donors (Lipinski definition) is 2. The van der Waals surface area contributed by atoms with Crippen LogP contribution in [0.5, 0.6) is 0 Å². The third-order valence-electron chi connectivity index (χ3n) is 6.65. The van der Waals surface area contributed by atoms with E-state index in [0.29, 0.717) is 5.95 Å². The lowest BCUT2D eigenvalue weighted by Gasteiger charge is -2.30. The number of nitrogens with one attached hydrogen (secondary N) is 1. The fourth-order valence-corrected chi connectivity index (χ4v) is 4.75. The second kappa shape index (κ2) is 10.1. The molecule has 1 aliphatic rings. The van der Waals surface area contributed by atoms with E-state index in [4.69, 9.17) is 15.7 Å². The molecule has 5 rings (SSSR count). The second-order valence-electron chi connectivity index (χ2n) is 10.2. The molecule has 36 heavy (non-hydrogen) atoms. The fourth-order valence-electron chi connectivity index (χ4n) is 4.75. The Balaban J connectivity index is 1.35. The number of aryl methyl sites for hydroxylation is 1. The molecule has 1 atom stereocenters. The highest BCUT2D eigenvalue weighted by Crippen LogP contribution is 2.34. The van der Waals surface area contributed by atoms with Crippen LogP contribution in [-0.4, -0.2) is 27.5 Å². The molecular weight excluding hydrogens is 444 g/mol. The van der Waals surface area contributed by atoms with Gasteiger partial charge >= 0.3 is 0 Å². The first-order valence-corrected chi connectivity index (χ1v) is 12.7. The lowest BCUT2D eigenvalue weighted by molar-refractivity contribution is 0.553. The monoisotopic (exact) mass is 478 g/mol. The van der Waals surface area contributed by atoms with E-state index in [0.717, 1.165) is 54.1 Å². The average molecular weight is 479 g/mol. The summed E-state index contributed by atoms with van der Waals surface area (Å²) < 4.78 is 0. The number of anilines is 3. The Hall–Kier alpha value is -3.77. The summed E-state index contributed by atoms with van der Waals surface area (Å²) >= 11 is 0. The minimum atomic E-state index is -0.357. The van der Waals surface area contributed by atoms with E-state index in [-0.39, 0.29) is 11.6 Å². The highest BCUT2D eigenvalue weighted by atomic mass is 15.2. The number of nitrogens with zero attached hydrogens (tertiary/aromatic N) is 4. The molecule has 3 N–H and O–H groups in total. The van der Waals surface area contributed by atoms with Crippen molar-refractivity contribution in [1.82, 2.24) is 15.0 Å². The summed E-state index contributed by atoms with van der Waals surface area (Å²) in [4.78, 5) is 16.5. The molecule has 0 radical (unpaired) electrons. The van der Waals surface area contributed by atoms with Crippen LogP contribution >= 0.6 is 0 Å². The minimum Gasteiger partial charge on any atom is -0.351 e. The first kappa shape index (κ1) is 23.9. The standard InChI is InChI=1S/C30H34N6/c1-21(17-22-9-7-12-25(18-22)30(2,3)31)34-29-32-15-14-28(35-29)36-16-8-13-26-27(36)19-24(20-33-26)23-10-5-4-6-11-23/h4-7,9-12,14-15,18-21H,8,13,16-17,31H2,1-3H3,(H,32,34,35). The number of hydrogen-bond acceptors (Lipinski definition) is 6. The molecule has 6 heteroatoms. The van der Waals surface area contributed by atoms with Gasteiger partial charge in [-0.3, -0.25) is 4.98 Å². The van der Waals surface area contributed by atoms with Gasteiger partial charge in [-0.25, -0.2) is 4.98 Å². The van der Waals surface area contributed by atoms with Crippen molar-refractivity contribution in [3.63, 3.8) is 0 Å². The van der Waals surface area contributed by atoms with Crippen LogP contribution in [0, 0.1) is 0 Å². The van der Waals surface area contributed by atoms with E-state index in [1.165, 1.54) is 11.1 Å². The molecule has 0 saturated carbocycles. The molecule has 2 aromatic carbocycles. The van der Waals surface area contributed by atoms with Gasteiger partial charge < -0.3 is 16.0 Å². The van der Waals surface area contributed by atoms with Crippen molar-refractivity contribution < 1.29 is 0 Å². The maximum Gasteiger partial charge on any atom is 0.224 e. The van der Waals surface area contributed by atoms with E-state index in [1.807, 2.05) is 38.4 Å². The second-order valence-corrected chi connectivity index (χ2v) is 10.2. The van der Waals surface area contributed by atoms with E-state index >= 15 is 0 Å². The van der Waals surface area contributed by atoms with Crippen molar-refractivity contribution >= 4 is 17.5 Å². The summed E-state index contributed by atoms with van der Waals surface area (Å²) in [5, 5.41) is 3.49. The van der Waals surface area contributed by atoms with Crippen LogP contribution in [0.15, 0.2) is 79.1 Å². The van der Waals surface area contributed by atoms with Crippen LogP contribution in [0.4, 0.5) is 17.5 Å². The molecule has 1 aliphatic heterocycles. The van der Waals surface area contributed by atoms with Crippen LogP contribution in [-0.2, 0) is 18.4 Å². The number of fused-ring (bicyclic) bond motifs is 1. The molecule has 0 saturated heterocycles. The molecular formula is C30H34N6. The van der Waals surface area contributed by atoms with Gasteiger partial charge in [0.2, 0.25) is 5.95 Å². The molecule has 0 bridgehead atoms. The Bertz CT molecular complexity index is 1330. The predicted molar refractivity (Wildman–Crippen MR) is 147 cm³/mol. The highest BCUT2D eigenvalue weighted by molar-refractivity contribution is 5.72. The Morgan fingerprint density at radius 3 is 2.64 bits per heavy atom.